The quantitative estimate of drug-likeness (QED) is 0.241. The zero-order chi connectivity index (χ0) is 26.1. The fourth-order valence-electron chi connectivity index (χ4n) is 5.27. The minimum Gasteiger partial charge on any atom is -0.493 e. The molecule has 8 heteroatoms. The molecule has 0 atom stereocenters. The van der Waals surface area contributed by atoms with Gasteiger partial charge in [0.25, 0.3) is 0 Å². The van der Waals surface area contributed by atoms with E-state index in [1.807, 2.05) is 24.3 Å². The molecule has 7 nitrogen and oxygen atoms in total. The van der Waals surface area contributed by atoms with Crippen molar-refractivity contribution in [2.45, 2.75) is 18.8 Å². The highest BCUT2D eigenvalue weighted by Crippen LogP contribution is 2.48. The Labute approximate surface area is 215 Å². The van der Waals surface area contributed by atoms with Gasteiger partial charge in [0.05, 0.1) is 26.8 Å². The number of nitrogens with one attached hydrogen (secondary N) is 1. The molecule has 0 unspecified atom stereocenters. The van der Waals surface area contributed by atoms with Gasteiger partial charge in [0.15, 0.2) is 11.5 Å². The molecule has 192 valence electrons. The van der Waals surface area contributed by atoms with Crippen LogP contribution in [0.4, 0.5) is 10.1 Å². The topological polar surface area (TPSA) is 91.7 Å². The normalized spacial score (nSPS) is 14.1. The van der Waals surface area contributed by atoms with E-state index < -0.39 is 0 Å². The summed E-state index contributed by atoms with van der Waals surface area (Å²) in [6.07, 6.45) is 2.92. The Hall–Kier alpha value is -4.04. The molecule has 5 rings (SSSR count). The molecule has 2 heterocycles. The predicted molar refractivity (Wildman–Crippen MR) is 143 cm³/mol. The molecular weight excluding hydrogens is 473 g/mol. The van der Waals surface area contributed by atoms with E-state index in [9.17, 15) is 4.39 Å². The van der Waals surface area contributed by atoms with Crippen molar-refractivity contribution in [2.75, 3.05) is 40.3 Å². The van der Waals surface area contributed by atoms with E-state index in [1.165, 1.54) is 18.3 Å². The molecule has 1 aliphatic heterocycles. The molecule has 4 aromatic rings. The molecule has 0 saturated carbocycles. The van der Waals surface area contributed by atoms with Crippen LogP contribution in [-0.2, 0) is 4.74 Å². The van der Waals surface area contributed by atoms with Gasteiger partial charge in [0.1, 0.15) is 5.82 Å². The smallest absolute Gasteiger partial charge is 0.203 e. The minimum atomic E-state index is -0.304. The van der Waals surface area contributed by atoms with Gasteiger partial charge < -0.3 is 34.7 Å². The average molecular weight is 504 g/mol. The number of hydrogen-bond acceptors (Lipinski definition) is 6. The molecular formula is C29H30FN3O4. The zero-order valence-electron chi connectivity index (χ0n) is 21.1. The number of fused-ring (bicyclic) bond motifs is 1. The minimum absolute atomic E-state index is 0.171. The Morgan fingerprint density at radius 2 is 1.62 bits per heavy atom. The first-order valence-electron chi connectivity index (χ1n) is 12.1. The summed E-state index contributed by atoms with van der Waals surface area (Å²) in [5.41, 5.74) is 12.2. The molecule has 1 saturated heterocycles. The number of anilines is 1. The third-order valence-electron chi connectivity index (χ3n) is 7.01. The van der Waals surface area contributed by atoms with Gasteiger partial charge in [-0.1, -0.05) is 0 Å². The van der Waals surface area contributed by atoms with E-state index in [0.29, 0.717) is 41.7 Å². The maximum absolute atomic E-state index is 13.9. The van der Waals surface area contributed by atoms with Crippen LogP contribution in [0, 0.1) is 11.2 Å². The Morgan fingerprint density at radius 3 is 2.19 bits per heavy atom. The lowest BCUT2D eigenvalue weighted by Crippen LogP contribution is -2.17. The number of nitrogen functional groups attached to an aromatic ring is 1. The largest absolute Gasteiger partial charge is 0.493 e. The van der Waals surface area contributed by atoms with Crippen LogP contribution in [-0.4, -0.2) is 45.3 Å². The highest BCUT2D eigenvalue weighted by atomic mass is 19.1. The van der Waals surface area contributed by atoms with E-state index in [2.05, 4.69) is 4.57 Å². The highest BCUT2D eigenvalue weighted by Gasteiger charge is 2.29. The van der Waals surface area contributed by atoms with Crippen molar-refractivity contribution in [3.05, 3.63) is 65.6 Å². The Bertz CT molecular complexity index is 1430. The van der Waals surface area contributed by atoms with Crippen LogP contribution in [0.1, 0.15) is 30.0 Å². The fourth-order valence-corrected chi connectivity index (χ4v) is 5.27. The molecule has 0 aliphatic carbocycles. The number of nitrogens with two attached hydrogens (primary N) is 1. The molecule has 0 radical (unpaired) electrons. The Morgan fingerprint density at radius 1 is 0.973 bits per heavy atom. The SMILES string of the molecule is COc1cc(-c2c(C3CCOCC3)n(-c3ccc(F)cc3)c3cc(C=N)c(N)cc23)cc(OC)c1OC. The van der Waals surface area contributed by atoms with E-state index >= 15 is 0 Å². The van der Waals surface area contributed by atoms with Crippen molar-refractivity contribution in [3.63, 3.8) is 0 Å². The summed E-state index contributed by atoms with van der Waals surface area (Å²) in [7, 11) is 4.76. The number of hydrogen-bond donors (Lipinski definition) is 2. The van der Waals surface area contributed by atoms with Gasteiger partial charge in [0.2, 0.25) is 5.75 Å². The lowest BCUT2D eigenvalue weighted by molar-refractivity contribution is 0.0843. The molecule has 1 fully saturated rings. The van der Waals surface area contributed by atoms with Crippen LogP contribution in [0.25, 0.3) is 27.7 Å². The second-order valence-electron chi connectivity index (χ2n) is 9.02. The lowest BCUT2D eigenvalue weighted by Gasteiger charge is -2.26. The van der Waals surface area contributed by atoms with Crippen molar-refractivity contribution >= 4 is 22.8 Å². The molecule has 0 spiro atoms. The highest BCUT2D eigenvalue weighted by molar-refractivity contribution is 6.05. The standard InChI is InChI=1S/C29H30FN3O4/c1-34-25-13-18(14-26(35-2)29(25)36-3)27-22-15-23(32)19(16-31)12-24(22)33(21-6-4-20(30)5-7-21)28(27)17-8-10-37-11-9-17/h4-7,12-17,31H,8-11,32H2,1-3H3. The summed E-state index contributed by atoms with van der Waals surface area (Å²) in [5.74, 6) is 1.46. The summed E-state index contributed by atoms with van der Waals surface area (Å²) in [6.45, 7) is 1.30. The number of aromatic nitrogens is 1. The van der Waals surface area contributed by atoms with Gasteiger partial charge in [-0.3, -0.25) is 0 Å². The van der Waals surface area contributed by atoms with E-state index in [4.69, 9.17) is 30.1 Å². The van der Waals surface area contributed by atoms with Gasteiger partial charge >= 0.3 is 0 Å². The van der Waals surface area contributed by atoms with Gasteiger partial charge in [-0.15, -0.1) is 0 Å². The summed E-state index contributed by atoms with van der Waals surface area (Å²) in [4.78, 5) is 0. The van der Waals surface area contributed by atoms with Crippen LogP contribution in [0.3, 0.4) is 0 Å². The zero-order valence-corrected chi connectivity index (χ0v) is 21.1. The van der Waals surface area contributed by atoms with Crippen molar-refractivity contribution in [3.8, 4) is 34.1 Å². The Kier molecular flexibility index (Phi) is 6.76. The first kappa shape index (κ1) is 24.6. The van der Waals surface area contributed by atoms with Crippen LogP contribution >= 0.6 is 0 Å². The second kappa shape index (κ2) is 10.1. The van der Waals surface area contributed by atoms with Crippen LogP contribution in [0.2, 0.25) is 0 Å². The molecule has 1 aliphatic rings. The average Bonchev–Trinajstić information content (AvgIpc) is 3.26. The van der Waals surface area contributed by atoms with Gasteiger partial charge in [-0.05, 0) is 66.9 Å². The van der Waals surface area contributed by atoms with Crippen LogP contribution in [0.5, 0.6) is 17.2 Å². The van der Waals surface area contributed by atoms with E-state index in [-0.39, 0.29) is 11.7 Å². The molecule has 3 N–H and O–H groups in total. The van der Waals surface area contributed by atoms with E-state index in [0.717, 1.165) is 46.3 Å². The Balaban J connectivity index is 1.93. The van der Waals surface area contributed by atoms with Crippen molar-refractivity contribution in [1.29, 1.82) is 5.41 Å². The molecule has 3 aromatic carbocycles. The van der Waals surface area contributed by atoms with Crippen LogP contribution in [0.15, 0.2) is 48.5 Å². The van der Waals surface area contributed by atoms with E-state index in [1.54, 1.807) is 33.5 Å². The molecule has 0 amide bonds. The van der Waals surface area contributed by atoms with Crippen molar-refractivity contribution in [2.24, 2.45) is 0 Å². The fraction of sp³-hybridized carbons (Fsp3) is 0.276. The predicted octanol–water partition coefficient (Wildman–Crippen LogP) is 5.94. The lowest BCUT2D eigenvalue weighted by atomic mass is 9.89. The van der Waals surface area contributed by atoms with Crippen molar-refractivity contribution < 1.29 is 23.3 Å². The number of rotatable bonds is 7. The van der Waals surface area contributed by atoms with Gasteiger partial charge in [0, 0.05) is 58.9 Å². The first-order valence-corrected chi connectivity index (χ1v) is 12.1. The number of ether oxygens (including phenoxy) is 4. The summed E-state index contributed by atoms with van der Waals surface area (Å²) < 4.78 is 38.7. The molecule has 1 aromatic heterocycles. The van der Waals surface area contributed by atoms with Gasteiger partial charge in [-0.2, -0.15) is 0 Å². The summed E-state index contributed by atoms with van der Waals surface area (Å²) in [5, 5.41) is 8.83. The second-order valence-corrected chi connectivity index (χ2v) is 9.02. The maximum Gasteiger partial charge on any atom is 0.203 e. The van der Waals surface area contributed by atoms with Gasteiger partial charge in [-0.25, -0.2) is 4.39 Å². The molecule has 37 heavy (non-hydrogen) atoms. The monoisotopic (exact) mass is 503 g/mol. The number of nitrogens with zero attached hydrogens (tertiary/aromatic N) is 1. The third-order valence-corrected chi connectivity index (χ3v) is 7.01. The summed E-state index contributed by atoms with van der Waals surface area (Å²) in [6, 6.07) is 14.2. The van der Waals surface area contributed by atoms with Crippen molar-refractivity contribution in [1.82, 2.24) is 4.57 Å². The third kappa shape index (κ3) is 4.27. The number of methoxy groups -OCH3 is 3. The number of benzene rings is 3. The molecule has 0 bridgehead atoms. The first-order chi connectivity index (χ1) is 18.0. The van der Waals surface area contributed by atoms with Crippen LogP contribution < -0.4 is 19.9 Å². The summed E-state index contributed by atoms with van der Waals surface area (Å²) >= 11 is 0. The number of halogens is 1. The maximum atomic E-state index is 13.9.